The van der Waals surface area contributed by atoms with Gasteiger partial charge in [-0.2, -0.15) is 5.10 Å². The van der Waals surface area contributed by atoms with Crippen LogP contribution in [-0.2, 0) is 6.54 Å². The summed E-state index contributed by atoms with van der Waals surface area (Å²) in [5.41, 5.74) is -0.556. The van der Waals surface area contributed by atoms with Crippen LogP contribution >= 0.6 is 11.8 Å². The van der Waals surface area contributed by atoms with Crippen molar-refractivity contribution in [3.63, 3.8) is 0 Å². The van der Waals surface area contributed by atoms with Crippen molar-refractivity contribution in [1.82, 2.24) is 14.8 Å². The number of halogens is 1. The molecule has 0 radical (unpaired) electrons. The molecule has 2 heterocycles. The molecule has 6 nitrogen and oxygen atoms in total. The highest BCUT2D eigenvalue weighted by molar-refractivity contribution is 7.98. The number of benzene rings is 1. The van der Waals surface area contributed by atoms with Crippen LogP contribution in [0.2, 0.25) is 0 Å². The van der Waals surface area contributed by atoms with E-state index in [4.69, 9.17) is 0 Å². The molecular formula is C16H12FN3O3S. The molecule has 3 aromatic rings. The molecule has 3 rings (SSSR count). The molecule has 0 unspecified atom stereocenters. The molecule has 122 valence electrons. The van der Waals surface area contributed by atoms with Crippen molar-refractivity contribution >= 4 is 28.6 Å². The Morgan fingerprint density at radius 3 is 2.71 bits per heavy atom. The fraction of sp³-hybridized carbons (Fsp3) is 0.125. The predicted molar refractivity (Wildman–Crippen MR) is 88.0 cm³/mol. The van der Waals surface area contributed by atoms with Crippen molar-refractivity contribution in [2.24, 2.45) is 0 Å². The van der Waals surface area contributed by atoms with Crippen molar-refractivity contribution in [2.45, 2.75) is 11.6 Å². The minimum Gasteiger partial charge on any atom is -0.477 e. The zero-order valence-corrected chi connectivity index (χ0v) is 13.4. The van der Waals surface area contributed by atoms with Gasteiger partial charge in [-0.25, -0.2) is 9.18 Å². The zero-order chi connectivity index (χ0) is 17.3. The van der Waals surface area contributed by atoms with E-state index in [9.17, 15) is 19.1 Å². The van der Waals surface area contributed by atoms with Crippen LogP contribution < -0.4 is 5.43 Å². The summed E-state index contributed by atoms with van der Waals surface area (Å²) in [5, 5.41) is 18.0. The number of thioether (sulfide) groups is 1. The highest BCUT2D eigenvalue weighted by Gasteiger charge is 2.17. The minimum absolute atomic E-state index is 0.0172. The molecule has 0 aliphatic heterocycles. The topological polar surface area (TPSA) is 85.1 Å². The SMILES string of the molecule is CSc1ccc(Cn2cc(C(=O)O)c(=O)c3cccc(F)c32)nn1. The van der Waals surface area contributed by atoms with Gasteiger partial charge in [-0.1, -0.05) is 6.07 Å². The van der Waals surface area contributed by atoms with Gasteiger partial charge >= 0.3 is 5.97 Å². The molecule has 2 aromatic heterocycles. The average molecular weight is 345 g/mol. The molecule has 24 heavy (non-hydrogen) atoms. The molecule has 0 atom stereocenters. The summed E-state index contributed by atoms with van der Waals surface area (Å²) in [6.07, 6.45) is 3.01. The Kier molecular flexibility index (Phi) is 4.30. The van der Waals surface area contributed by atoms with Crippen LogP contribution in [0, 0.1) is 5.82 Å². The fourth-order valence-corrected chi connectivity index (χ4v) is 2.73. The van der Waals surface area contributed by atoms with E-state index >= 15 is 0 Å². The van der Waals surface area contributed by atoms with Gasteiger partial charge in [-0.15, -0.1) is 16.9 Å². The number of hydrogen-bond donors (Lipinski definition) is 1. The largest absolute Gasteiger partial charge is 0.477 e. The molecule has 0 fully saturated rings. The lowest BCUT2D eigenvalue weighted by Gasteiger charge is -2.12. The van der Waals surface area contributed by atoms with Crippen LogP contribution in [0.4, 0.5) is 4.39 Å². The van der Waals surface area contributed by atoms with E-state index in [1.807, 2.05) is 6.26 Å². The number of carbonyl (C=O) groups is 1. The second-order valence-corrected chi connectivity index (χ2v) is 5.83. The normalized spacial score (nSPS) is 10.9. The van der Waals surface area contributed by atoms with Crippen molar-refractivity contribution in [3.8, 4) is 0 Å². The maximum absolute atomic E-state index is 14.2. The predicted octanol–water partition coefficient (Wildman–Crippen LogP) is 2.40. The maximum Gasteiger partial charge on any atom is 0.341 e. The second-order valence-electron chi connectivity index (χ2n) is 5.01. The molecule has 8 heteroatoms. The van der Waals surface area contributed by atoms with Crippen LogP contribution in [0.15, 0.2) is 46.3 Å². The Morgan fingerprint density at radius 1 is 1.29 bits per heavy atom. The van der Waals surface area contributed by atoms with Gasteiger partial charge < -0.3 is 9.67 Å². The van der Waals surface area contributed by atoms with Crippen LogP contribution in [0.25, 0.3) is 10.9 Å². The molecule has 0 aliphatic carbocycles. The molecule has 0 aliphatic rings. The molecule has 0 amide bonds. The van der Waals surface area contributed by atoms with Crippen molar-refractivity contribution in [2.75, 3.05) is 6.26 Å². The molecule has 0 saturated heterocycles. The van der Waals surface area contributed by atoms with Crippen LogP contribution in [0.5, 0.6) is 0 Å². The third-order valence-corrected chi connectivity index (χ3v) is 4.15. The number of aromatic nitrogens is 3. The van der Waals surface area contributed by atoms with Crippen molar-refractivity contribution in [3.05, 3.63) is 63.8 Å². The number of aromatic carboxylic acids is 1. The third kappa shape index (κ3) is 2.88. The highest BCUT2D eigenvalue weighted by Crippen LogP contribution is 2.18. The lowest BCUT2D eigenvalue weighted by molar-refractivity contribution is 0.0695. The first kappa shape index (κ1) is 16.1. The molecule has 0 spiro atoms. The number of hydrogen-bond acceptors (Lipinski definition) is 5. The standard InChI is InChI=1S/C16H12FN3O3S/c1-24-13-6-5-9(18-19-13)7-20-8-11(16(22)23)15(21)10-3-2-4-12(17)14(10)20/h2-6,8H,7H2,1H3,(H,22,23). The smallest absolute Gasteiger partial charge is 0.341 e. The molecular weight excluding hydrogens is 333 g/mol. The van der Waals surface area contributed by atoms with E-state index in [-0.39, 0.29) is 17.4 Å². The number of rotatable bonds is 4. The zero-order valence-electron chi connectivity index (χ0n) is 12.6. The van der Waals surface area contributed by atoms with Crippen LogP contribution in [-0.4, -0.2) is 32.1 Å². The average Bonchev–Trinajstić information content (AvgIpc) is 2.58. The summed E-state index contributed by atoms with van der Waals surface area (Å²) in [4.78, 5) is 23.5. The summed E-state index contributed by atoms with van der Waals surface area (Å²) >= 11 is 1.44. The van der Waals surface area contributed by atoms with E-state index in [1.165, 1.54) is 34.5 Å². The number of para-hydroxylation sites is 1. The van der Waals surface area contributed by atoms with Gasteiger partial charge in [0.1, 0.15) is 16.4 Å². The summed E-state index contributed by atoms with van der Waals surface area (Å²) < 4.78 is 15.6. The second kappa shape index (κ2) is 6.40. The number of pyridine rings is 1. The van der Waals surface area contributed by atoms with Gasteiger partial charge in [0.15, 0.2) is 0 Å². The first-order valence-electron chi connectivity index (χ1n) is 6.93. The van der Waals surface area contributed by atoms with Crippen molar-refractivity contribution in [1.29, 1.82) is 0 Å². The summed E-state index contributed by atoms with van der Waals surface area (Å²) in [7, 11) is 0. The van der Waals surface area contributed by atoms with E-state index in [0.29, 0.717) is 5.69 Å². The maximum atomic E-state index is 14.2. The molecule has 1 aromatic carbocycles. The van der Waals surface area contributed by atoms with Gasteiger partial charge in [-0.3, -0.25) is 4.79 Å². The van der Waals surface area contributed by atoms with E-state index < -0.39 is 22.8 Å². The first-order chi connectivity index (χ1) is 11.5. The Labute approximate surface area is 140 Å². The highest BCUT2D eigenvalue weighted by atomic mass is 32.2. The monoisotopic (exact) mass is 345 g/mol. The quantitative estimate of drug-likeness (QED) is 0.731. The molecule has 0 saturated carbocycles. The van der Waals surface area contributed by atoms with Gasteiger partial charge in [0, 0.05) is 11.6 Å². The number of fused-ring (bicyclic) bond motifs is 1. The third-order valence-electron chi connectivity index (χ3n) is 3.52. The van der Waals surface area contributed by atoms with E-state index in [2.05, 4.69) is 10.2 Å². The van der Waals surface area contributed by atoms with Crippen molar-refractivity contribution < 1.29 is 14.3 Å². The van der Waals surface area contributed by atoms with E-state index in [0.717, 1.165) is 11.2 Å². The fourth-order valence-electron chi connectivity index (χ4n) is 2.41. The van der Waals surface area contributed by atoms with Gasteiger partial charge in [0.2, 0.25) is 5.43 Å². The molecule has 1 N–H and O–H groups in total. The Morgan fingerprint density at radius 2 is 2.08 bits per heavy atom. The number of nitrogens with zero attached hydrogens (tertiary/aromatic N) is 3. The Balaban J connectivity index is 2.20. The number of carboxylic acids is 1. The lowest BCUT2D eigenvalue weighted by Crippen LogP contribution is -2.20. The van der Waals surface area contributed by atoms with Crippen LogP contribution in [0.3, 0.4) is 0 Å². The lowest BCUT2D eigenvalue weighted by atomic mass is 10.1. The summed E-state index contributed by atoms with van der Waals surface area (Å²) in [5.74, 6) is -1.96. The van der Waals surface area contributed by atoms with Gasteiger partial charge in [0.25, 0.3) is 0 Å². The minimum atomic E-state index is -1.36. The first-order valence-corrected chi connectivity index (χ1v) is 8.15. The molecule has 0 bridgehead atoms. The van der Waals surface area contributed by atoms with Gasteiger partial charge in [0.05, 0.1) is 17.8 Å². The van der Waals surface area contributed by atoms with Gasteiger partial charge in [-0.05, 0) is 30.5 Å². The Hall–Kier alpha value is -2.74. The van der Waals surface area contributed by atoms with Crippen LogP contribution in [0.1, 0.15) is 16.1 Å². The Bertz CT molecular complexity index is 986. The number of carboxylic acid groups (broad SMARTS) is 1. The summed E-state index contributed by atoms with van der Waals surface area (Å²) in [6, 6.07) is 7.51. The van der Waals surface area contributed by atoms with E-state index in [1.54, 1.807) is 12.1 Å². The summed E-state index contributed by atoms with van der Waals surface area (Å²) in [6.45, 7) is 0.0969.